The summed E-state index contributed by atoms with van der Waals surface area (Å²) < 4.78 is 0. The van der Waals surface area contributed by atoms with E-state index in [1.165, 1.54) is 11.3 Å². The van der Waals surface area contributed by atoms with E-state index in [4.69, 9.17) is 0 Å². The molecule has 1 N–H and O–H groups in total. The number of para-hydroxylation sites is 1. The van der Waals surface area contributed by atoms with Crippen LogP contribution in [0.5, 0.6) is 0 Å². The number of hydrogen-bond acceptors (Lipinski definition) is 4. The van der Waals surface area contributed by atoms with E-state index in [0.717, 1.165) is 38.2 Å². The lowest BCUT2D eigenvalue weighted by molar-refractivity contribution is 0.0670. The Bertz CT molecular complexity index is 733. The van der Waals surface area contributed by atoms with Crippen molar-refractivity contribution in [1.29, 1.82) is 0 Å². The van der Waals surface area contributed by atoms with Crippen molar-refractivity contribution in [3.8, 4) is 0 Å². The molecule has 0 unspecified atom stereocenters. The van der Waals surface area contributed by atoms with Crippen LogP contribution in [0, 0.1) is 6.92 Å². The van der Waals surface area contributed by atoms with Gasteiger partial charge in [0, 0.05) is 36.9 Å². The summed E-state index contributed by atoms with van der Waals surface area (Å²) in [5.74, 6) is -0.00779. The van der Waals surface area contributed by atoms with Gasteiger partial charge in [-0.05, 0) is 31.4 Å². The third kappa shape index (κ3) is 2.36. The van der Waals surface area contributed by atoms with Gasteiger partial charge in [-0.15, -0.1) is 0 Å². The molecule has 1 aromatic heterocycles. The molecule has 2 aliphatic rings. The van der Waals surface area contributed by atoms with Crippen molar-refractivity contribution < 1.29 is 4.79 Å². The minimum atomic E-state index is -0.00779. The van der Waals surface area contributed by atoms with Crippen molar-refractivity contribution >= 4 is 11.6 Å². The van der Waals surface area contributed by atoms with Gasteiger partial charge >= 0.3 is 0 Å². The van der Waals surface area contributed by atoms with E-state index < -0.39 is 0 Å². The lowest BCUT2D eigenvalue weighted by atomic mass is 9.74. The standard InChI is InChI=1S/C18H20N4O/c1-13-10-20-16(11-19-13)17(23)22-8-6-18(7-9-22)12-21-15-5-3-2-4-14(15)18/h2-5,10-11,21H,6-9,12H2,1H3. The van der Waals surface area contributed by atoms with Crippen molar-refractivity contribution in [3.63, 3.8) is 0 Å². The molecule has 1 saturated heterocycles. The number of hydrogen-bond donors (Lipinski definition) is 1. The molecule has 5 nitrogen and oxygen atoms in total. The normalized spacial score (nSPS) is 18.6. The number of aromatic nitrogens is 2. The van der Waals surface area contributed by atoms with Crippen molar-refractivity contribution in [3.05, 3.63) is 53.6 Å². The van der Waals surface area contributed by atoms with E-state index in [0.29, 0.717) is 5.69 Å². The van der Waals surface area contributed by atoms with E-state index >= 15 is 0 Å². The number of nitrogens with zero attached hydrogens (tertiary/aromatic N) is 3. The molecule has 1 fully saturated rings. The second-order valence-corrected chi connectivity index (χ2v) is 6.51. The quantitative estimate of drug-likeness (QED) is 0.879. The zero-order valence-corrected chi connectivity index (χ0v) is 13.2. The Hall–Kier alpha value is -2.43. The summed E-state index contributed by atoms with van der Waals surface area (Å²) in [6.45, 7) is 4.38. The molecule has 0 bridgehead atoms. The van der Waals surface area contributed by atoms with Gasteiger partial charge in [-0.2, -0.15) is 0 Å². The van der Waals surface area contributed by atoms with Gasteiger partial charge in [-0.1, -0.05) is 18.2 Å². The first-order chi connectivity index (χ1) is 11.2. The third-order valence-electron chi connectivity index (χ3n) is 5.12. The predicted molar refractivity (Wildman–Crippen MR) is 88.5 cm³/mol. The summed E-state index contributed by atoms with van der Waals surface area (Å²) in [6, 6.07) is 8.54. The second kappa shape index (κ2) is 5.33. The summed E-state index contributed by atoms with van der Waals surface area (Å²) in [4.78, 5) is 22.9. The zero-order valence-electron chi connectivity index (χ0n) is 13.2. The maximum Gasteiger partial charge on any atom is 0.274 e. The number of likely N-dealkylation sites (tertiary alicyclic amines) is 1. The average molecular weight is 308 g/mol. The van der Waals surface area contributed by atoms with Crippen LogP contribution >= 0.6 is 0 Å². The number of piperidine rings is 1. The third-order valence-corrected chi connectivity index (χ3v) is 5.12. The Kier molecular flexibility index (Phi) is 3.29. The summed E-state index contributed by atoms with van der Waals surface area (Å²) in [7, 11) is 0. The van der Waals surface area contributed by atoms with Crippen LogP contribution in [0.25, 0.3) is 0 Å². The van der Waals surface area contributed by atoms with Crippen LogP contribution in [-0.2, 0) is 5.41 Å². The number of nitrogens with one attached hydrogen (secondary N) is 1. The van der Waals surface area contributed by atoms with Crippen LogP contribution in [0.15, 0.2) is 36.7 Å². The van der Waals surface area contributed by atoms with Gasteiger partial charge in [0.2, 0.25) is 0 Å². The SMILES string of the molecule is Cc1cnc(C(=O)N2CCC3(CC2)CNc2ccccc23)cn1. The lowest BCUT2D eigenvalue weighted by Crippen LogP contribution is -2.46. The molecule has 4 rings (SSSR count). The van der Waals surface area contributed by atoms with Crippen LogP contribution in [-0.4, -0.2) is 40.4 Å². The molecular weight excluding hydrogens is 288 g/mol. The van der Waals surface area contributed by atoms with Gasteiger partial charge in [-0.25, -0.2) is 4.98 Å². The molecule has 118 valence electrons. The smallest absolute Gasteiger partial charge is 0.274 e. The van der Waals surface area contributed by atoms with Crippen molar-refractivity contribution in [2.75, 3.05) is 25.0 Å². The Morgan fingerprint density at radius 2 is 1.96 bits per heavy atom. The highest BCUT2D eigenvalue weighted by Gasteiger charge is 2.42. The summed E-state index contributed by atoms with van der Waals surface area (Å²) in [5, 5.41) is 3.52. The fourth-order valence-corrected chi connectivity index (χ4v) is 3.71. The molecule has 2 aromatic rings. The molecule has 1 aromatic carbocycles. The first-order valence-corrected chi connectivity index (χ1v) is 8.09. The Morgan fingerprint density at radius 1 is 1.17 bits per heavy atom. The largest absolute Gasteiger partial charge is 0.384 e. The molecule has 23 heavy (non-hydrogen) atoms. The molecule has 0 aliphatic carbocycles. The Labute approximate surface area is 135 Å². The zero-order chi connectivity index (χ0) is 15.9. The van der Waals surface area contributed by atoms with Gasteiger partial charge in [0.05, 0.1) is 11.9 Å². The van der Waals surface area contributed by atoms with Gasteiger partial charge in [0.25, 0.3) is 5.91 Å². The van der Waals surface area contributed by atoms with Crippen molar-refractivity contribution in [2.45, 2.75) is 25.2 Å². The minimum Gasteiger partial charge on any atom is -0.384 e. The second-order valence-electron chi connectivity index (χ2n) is 6.51. The van der Waals surface area contributed by atoms with Crippen LogP contribution in [0.4, 0.5) is 5.69 Å². The first kappa shape index (κ1) is 14.2. The number of carbonyl (C=O) groups is 1. The van der Waals surface area contributed by atoms with Gasteiger partial charge in [0.1, 0.15) is 5.69 Å². The highest BCUT2D eigenvalue weighted by molar-refractivity contribution is 5.92. The van der Waals surface area contributed by atoms with Crippen LogP contribution in [0.1, 0.15) is 34.6 Å². The monoisotopic (exact) mass is 308 g/mol. The van der Waals surface area contributed by atoms with E-state index in [2.05, 4.69) is 39.6 Å². The first-order valence-electron chi connectivity index (χ1n) is 8.09. The summed E-state index contributed by atoms with van der Waals surface area (Å²) >= 11 is 0. The molecule has 0 radical (unpaired) electrons. The number of anilines is 1. The molecule has 0 saturated carbocycles. The number of carbonyl (C=O) groups excluding carboxylic acids is 1. The average Bonchev–Trinajstić information content (AvgIpc) is 2.95. The van der Waals surface area contributed by atoms with E-state index in [9.17, 15) is 4.79 Å². The summed E-state index contributed by atoms with van der Waals surface area (Å²) in [5.41, 5.74) is 4.09. The lowest BCUT2D eigenvalue weighted by Gasteiger charge is -2.39. The van der Waals surface area contributed by atoms with E-state index in [1.54, 1.807) is 12.4 Å². The van der Waals surface area contributed by atoms with Crippen LogP contribution in [0.3, 0.4) is 0 Å². The van der Waals surface area contributed by atoms with E-state index in [-0.39, 0.29) is 11.3 Å². The minimum absolute atomic E-state index is 0.00779. The van der Waals surface area contributed by atoms with Gasteiger partial charge in [-0.3, -0.25) is 9.78 Å². The van der Waals surface area contributed by atoms with Crippen LogP contribution < -0.4 is 5.32 Å². The topological polar surface area (TPSA) is 58.1 Å². The highest BCUT2D eigenvalue weighted by Crippen LogP contribution is 2.43. The van der Waals surface area contributed by atoms with Crippen molar-refractivity contribution in [2.24, 2.45) is 0 Å². The predicted octanol–water partition coefficient (Wildman–Crippen LogP) is 2.38. The molecular formula is C18H20N4O. The fourth-order valence-electron chi connectivity index (χ4n) is 3.71. The molecule has 1 amide bonds. The number of benzene rings is 1. The molecule has 0 atom stereocenters. The van der Waals surface area contributed by atoms with E-state index in [1.807, 2.05) is 11.8 Å². The Morgan fingerprint density at radius 3 is 2.70 bits per heavy atom. The maximum atomic E-state index is 12.6. The van der Waals surface area contributed by atoms with Crippen LogP contribution in [0.2, 0.25) is 0 Å². The molecule has 1 spiro atoms. The molecule has 5 heteroatoms. The molecule has 2 aliphatic heterocycles. The fraction of sp³-hybridized carbons (Fsp3) is 0.389. The highest BCUT2D eigenvalue weighted by atomic mass is 16.2. The number of rotatable bonds is 1. The number of aryl methyl sites for hydroxylation is 1. The number of amides is 1. The molecule has 3 heterocycles. The number of fused-ring (bicyclic) bond motifs is 2. The maximum absolute atomic E-state index is 12.6. The summed E-state index contributed by atoms with van der Waals surface area (Å²) in [6.07, 6.45) is 5.20. The van der Waals surface area contributed by atoms with Gasteiger partial charge in [0.15, 0.2) is 0 Å². The van der Waals surface area contributed by atoms with Gasteiger partial charge < -0.3 is 10.2 Å². The Balaban J connectivity index is 1.50. The van der Waals surface area contributed by atoms with Crippen molar-refractivity contribution in [1.82, 2.24) is 14.9 Å².